The first-order valence-electron chi connectivity index (χ1n) is 2.42. The predicted molar refractivity (Wildman–Crippen MR) is 29.2 cm³/mol. The van der Waals surface area contributed by atoms with E-state index in [1.165, 1.54) is 5.01 Å². The first-order chi connectivity index (χ1) is 3.80. The van der Waals surface area contributed by atoms with Crippen molar-refractivity contribution in [2.75, 3.05) is 6.54 Å². The smallest absolute Gasteiger partial charge is 0.197 e. The predicted octanol–water partition coefficient (Wildman–Crippen LogP) is -1.45. The van der Waals surface area contributed by atoms with Gasteiger partial charge in [-0.3, -0.25) is 10.3 Å². The van der Waals surface area contributed by atoms with Crippen LogP contribution in [0.4, 0.5) is 0 Å². The quantitative estimate of drug-likeness (QED) is 0.338. The van der Waals surface area contributed by atoms with Gasteiger partial charge in [-0.1, -0.05) is 6.08 Å². The summed E-state index contributed by atoms with van der Waals surface area (Å²) in [6.07, 6.45) is 2.73. The minimum Gasteiger partial charge on any atom is -0.360 e. The summed E-state index contributed by atoms with van der Waals surface area (Å²) in [4.78, 5) is 0. The first-order valence-corrected chi connectivity index (χ1v) is 2.42. The number of aliphatic hydroxyl groups excluding tert-OH is 1. The molecule has 0 fully saturated rings. The number of nitrogens with zero attached hydrogens (tertiary/aromatic N) is 1. The Morgan fingerprint density at radius 3 is 3.00 bits per heavy atom. The molecule has 0 aromatic carbocycles. The lowest BCUT2D eigenvalue weighted by atomic mass is 10.5. The average Bonchev–Trinajstić information content (AvgIpc) is 1.77. The molecular formula is C4H9N3O. The second-order valence-corrected chi connectivity index (χ2v) is 1.61. The van der Waals surface area contributed by atoms with Crippen molar-refractivity contribution in [2.24, 2.45) is 5.84 Å². The van der Waals surface area contributed by atoms with E-state index in [4.69, 9.17) is 10.9 Å². The Labute approximate surface area is 47.6 Å². The molecule has 1 aliphatic rings. The number of nitrogens with one attached hydrogen (secondary N) is 1. The molecule has 46 valence electrons. The number of rotatable bonds is 0. The molecule has 0 amide bonds. The molecular weight excluding hydrogens is 106 g/mol. The van der Waals surface area contributed by atoms with Crippen LogP contribution in [0.5, 0.6) is 0 Å². The summed E-state index contributed by atoms with van der Waals surface area (Å²) < 4.78 is 0. The fraction of sp³-hybridized carbons (Fsp3) is 0.500. The van der Waals surface area contributed by atoms with Gasteiger partial charge in [-0.05, 0) is 0 Å². The number of hydrazine groups is 1. The van der Waals surface area contributed by atoms with E-state index in [0.29, 0.717) is 6.54 Å². The number of hydrogen-bond donors (Lipinski definition) is 3. The maximum atomic E-state index is 8.82. The lowest BCUT2D eigenvalue weighted by Gasteiger charge is -2.24. The van der Waals surface area contributed by atoms with Gasteiger partial charge in [0.25, 0.3) is 0 Å². The normalized spacial score (nSPS) is 28.8. The van der Waals surface area contributed by atoms with E-state index < -0.39 is 6.35 Å². The molecule has 1 heterocycles. The SMILES string of the molecule is NN1C=CCNC1O. The summed E-state index contributed by atoms with van der Waals surface area (Å²) in [5.41, 5.74) is 0. The van der Waals surface area contributed by atoms with Crippen LogP contribution in [0.1, 0.15) is 0 Å². The average molecular weight is 115 g/mol. The summed E-state index contributed by atoms with van der Waals surface area (Å²) in [7, 11) is 0. The highest BCUT2D eigenvalue weighted by atomic mass is 16.3. The monoisotopic (exact) mass is 115 g/mol. The standard InChI is InChI=1S/C4H9N3O/c5-7-3-1-2-6-4(7)8/h1,3-4,6,8H,2,5H2. The zero-order valence-corrected chi connectivity index (χ0v) is 4.41. The molecule has 0 saturated carbocycles. The summed E-state index contributed by atoms with van der Waals surface area (Å²) in [6.45, 7) is 0.675. The van der Waals surface area contributed by atoms with Gasteiger partial charge in [0.15, 0.2) is 6.35 Å². The minimum absolute atomic E-state index is 0.675. The van der Waals surface area contributed by atoms with Gasteiger partial charge in [0.05, 0.1) is 0 Å². The van der Waals surface area contributed by atoms with Gasteiger partial charge in [-0.2, -0.15) is 0 Å². The van der Waals surface area contributed by atoms with Crippen molar-refractivity contribution < 1.29 is 5.11 Å². The molecule has 0 aromatic heterocycles. The molecule has 0 bridgehead atoms. The van der Waals surface area contributed by atoms with Gasteiger partial charge in [0.1, 0.15) is 0 Å². The van der Waals surface area contributed by atoms with Crippen LogP contribution < -0.4 is 11.2 Å². The van der Waals surface area contributed by atoms with Crippen molar-refractivity contribution in [2.45, 2.75) is 6.35 Å². The van der Waals surface area contributed by atoms with E-state index in [1.54, 1.807) is 6.20 Å². The third-order valence-corrected chi connectivity index (χ3v) is 0.978. The van der Waals surface area contributed by atoms with Crippen LogP contribution in [0.15, 0.2) is 12.3 Å². The summed E-state index contributed by atoms with van der Waals surface area (Å²) >= 11 is 0. The van der Waals surface area contributed by atoms with E-state index in [1.807, 2.05) is 6.08 Å². The third kappa shape index (κ3) is 0.975. The van der Waals surface area contributed by atoms with E-state index in [-0.39, 0.29) is 0 Å². The highest BCUT2D eigenvalue weighted by Gasteiger charge is 2.07. The number of aliphatic hydroxyl groups is 1. The van der Waals surface area contributed by atoms with E-state index in [2.05, 4.69) is 5.32 Å². The van der Waals surface area contributed by atoms with Gasteiger partial charge < -0.3 is 5.11 Å². The zero-order chi connectivity index (χ0) is 5.98. The molecule has 0 spiro atoms. The molecule has 1 unspecified atom stereocenters. The lowest BCUT2D eigenvalue weighted by molar-refractivity contribution is 0.00479. The Morgan fingerprint density at radius 2 is 2.62 bits per heavy atom. The molecule has 0 saturated heterocycles. The molecule has 0 radical (unpaired) electrons. The Morgan fingerprint density at radius 1 is 1.88 bits per heavy atom. The van der Waals surface area contributed by atoms with Gasteiger partial charge in [-0.15, -0.1) is 0 Å². The second-order valence-electron chi connectivity index (χ2n) is 1.61. The van der Waals surface area contributed by atoms with Crippen LogP contribution in [0.3, 0.4) is 0 Å². The maximum absolute atomic E-state index is 8.82. The van der Waals surface area contributed by atoms with Crippen molar-refractivity contribution in [3.05, 3.63) is 12.3 Å². The molecule has 1 aliphatic heterocycles. The zero-order valence-electron chi connectivity index (χ0n) is 4.41. The van der Waals surface area contributed by atoms with Crippen molar-refractivity contribution >= 4 is 0 Å². The molecule has 4 N–H and O–H groups in total. The van der Waals surface area contributed by atoms with Crippen molar-refractivity contribution in [3.63, 3.8) is 0 Å². The number of hydrogen-bond acceptors (Lipinski definition) is 4. The van der Waals surface area contributed by atoms with E-state index >= 15 is 0 Å². The van der Waals surface area contributed by atoms with E-state index in [0.717, 1.165) is 0 Å². The molecule has 0 aromatic rings. The Bertz CT molecular complexity index is 103. The molecule has 4 nitrogen and oxygen atoms in total. The van der Waals surface area contributed by atoms with Crippen molar-refractivity contribution in [1.29, 1.82) is 0 Å². The largest absolute Gasteiger partial charge is 0.360 e. The summed E-state index contributed by atoms with van der Waals surface area (Å²) in [5, 5.41) is 12.7. The lowest BCUT2D eigenvalue weighted by Crippen LogP contribution is -2.49. The molecule has 0 aliphatic carbocycles. The van der Waals surface area contributed by atoms with Crippen LogP contribution in [-0.4, -0.2) is 23.0 Å². The number of nitrogens with two attached hydrogens (primary N) is 1. The second kappa shape index (κ2) is 2.13. The van der Waals surface area contributed by atoms with Gasteiger partial charge in [0.2, 0.25) is 0 Å². The fourth-order valence-electron chi connectivity index (χ4n) is 0.535. The van der Waals surface area contributed by atoms with Crippen molar-refractivity contribution in [3.8, 4) is 0 Å². The highest BCUT2D eigenvalue weighted by molar-refractivity contribution is 4.87. The minimum atomic E-state index is -0.722. The fourth-order valence-corrected chi connectivity index (χ4v) is 0.535. The Balaban J connectivity index is 2.47. The van der Waals surface area contributed by atoms with Crippen LogP contribution in [0.2, 0.25) is 0 Å². The first kappa shape index (κ1) is 5.55. The maximum Gasteiger partial charge on any atom is 0.197 e. The topological polar surface area (TPSA) is 61.5 Å². The molecule has 1 rings (SSSR count). The molecule has 4 heteroatoms. The summed E-state index contributed by atoms with van der Waals surface area (Å²) in [5.74, 6) is 5.21. The third-order valence-electron chi connectivity index (χ3n) is 0.978. The Kier molecular flexibility index (Phi) is 1.48. The van der Waals surface area contributed by atoms with Crippen LogP contribution in [0, 0.1) is 0 Å². The van der Waals surface area contributed by atoms with Gasteiger partial charge in [0, 0.05) is 12.7 Å². The van der Waals surface area contributed by atoms with Crippen LogP contribution in [0.25, 0.3) is 0 Å². The molecule has 8 heavy (non-hydrogen) atoms. The van der Waals surface area contributed by atoms with Gasteiger partial charge in [-0.25, -0.2) is 5.84 Å². The Hall–Kier alpha value is -0.580. The van der Waals surface area contributed by atoms with Crippen LogP contribution >= 0.6 is 0 Å². The van der Waals surface area contributed by atoms with Crippen molar-refractivity contribution in [1.82, 2.24) is 10.3 Å². The van der Waals surface area contributed by atoms with E-state index in [9.17, 15) is 0 Å². The van der Waals surface area contributed by atoms with Gasteiger partial charge >= 0.3 is 0 Å². The summed E-state index contributed by atoms with van der Waals surface area (Å²) in [6, 6.07) is 0. The van der Waals surface area contributed by atoms with Crippen LogP contribution in [-0.2, 0) is 0 Å². The molecule has 1 atom stereocenters. The highest BCUT2D eigenvalue weighted by Crippen LogP contribution is 1.90.